The van der Waals surface area contributed by atoms with E-state index in [1.54, 1.807) is 10.5 Å². The van der Waals surface area contributed by atoms with Gasteiger partial charge in [-0.2, -0.15) is 5.26 Å². The molecule has 0 radical (unpaired) electrons. The van der Waals surface area contributed by atoms with E-state index in [9.17, 15) is 4.39 Å². The Balaban J connectivity index is 1.62. The van der Waals surface area contributed by atoms with Crippen LogP contribution in [0.4, 0.5) is 10.3 Å². The Labute approximate surface area is 141 Å². The van der Waals surface area contributed by atoms with Gasteiger partial charge >= 0.3 is 0 Å². The first-order chi connectivity index (χ1) is 12.3. The van der Waals surface area contributed by atoms with E-state index in [-0.39, 0.29) is 19.0 Å². The molecular weight excluding hydrogens is 327 g/mol. The highest BCUT2D eigenvalue weighted by Gasteiger charge is 2.20. The van der Waals surface area contributed by atoms with E-state index in [4.69, 9.17) is 14.7 Å². The van der Waals surface area contributed by atoms with Crippen molar-refractivity contribution in [1.82, 2.24) is 19.6 Å². The lowest BCUT2D eigenvalue weighted by atomic mass is 10.0. The summed E-state index contributed by atoms with van der Waals surface area (Å²) in [7, 11) is 0. The van der Waals surface area contributed by atoms with Gasteiger partial charge in [0.2, 0.25) is 11.6 Å². The Morgan fingerprint density at radius 1 is 1.44 bits per heavy atom. The Kier molecular flexibility index (Phi) is 3.78. The van der Waals surface area contributed by atoms with Gasteiger partial charge in [0.1, 0.15) is 24.0 Å². The van der Waals surface area contributed by atoms with Gasteiger partial charge in [0, 0.05) is 24.1 Å². The van der Waals surface area contributed by atoms with Crippen molar-refractivity contribution in [1.29, 1.82) is 5.26 Å². The highest BCUT2D eigenvalue weighted by Crippen LogP contribution is 2.30. The van der Waals surface area contributed by atoms with Gasteiger partial charge < -0.3 is 14.8 Å². The zero-order valence-corrected chi connectivity index (χ0v) is 13.1. The molecule has 0 aliphatic carbocycles. The molecule has 1 aromatic carbocycles. The van der Waals surface area contributed by atoms with Gasteiger partial charge in [-0.3, -0.25) is 0 Å². The highest BCUT2D eigenvalue weighted by molar-refractivity contribution is 5.56. The molecule has 25 heavy (non-hydrogen) atoms. The summed E-state index contributed by atoms with van der Waals surface area (Å²) in [6.45, 7) is 0.694. The third-order valence-corrected chi connectivity index (χ3v) is 3.96. The number of nitrogens with one attached hydrogen (secondary N) is 1. The number of aromatic nitrogens is 4. The molecule has 0 fully saturated rings. The molecule has 0 atom stereocenters. The van der Waals surface area contributed by atoms with Crippen LogP contribution in [0.2, 0.25) is 0 Å². The van der Waals surface area contributed by atoms with E-state index in [1.807, 2.05) is 6.07 Å². The predicted octanol–water partition coefficient (Wildman–Crippen LogP) is 1.71. The second kappa shape index (κ2) is 6.24. The molecule has 1 N–H and O–H groups in total. The number of nitrogens with zero attached hydrogens (tertiary/aromatic N) is 5. The Morgan fingerprint density at radius 3 is 3.24 bits per heavy atom. The van der Waals surface area contributed by atoms with Gasteiger partial charge in [-0.25, -0.2) is 13.8 Å². The second-order valence-corrected chi connectivity index (χ2v) is 5.37. The number of halogens is 1. The molecule has 0 bridgehead atoms. The number of hydrogen-bond acceptors (Lipinski definition) is 7. The van der Waals surface area contributed by atoms with Gasteiger partial charge in [0.25, 0.3) is 0 Å². The fraction of sp³-hybridized carbons (Fsp3) is 0.250. The number of hydrogen-bond donors (Lipinski definition) is 1. The fourth-order valence-electron chi connectivity index (χ4n) is 2.81. The maximum absolute atomic E-state index is 14.2. The summed E-state index contributed by atoms with van der Waals surface area (Å²) >= 11 is 0. The van der Waals surface area contributed by atoms with Gasteiger partial charge in [-0.15, -0.1) is 10.2 Å². The number of benzene rings is 1. The molecule has 1 aliphatic heterocycles. The molecule has 0 spiro atoms. The van der Waals surface area contributed by atoms with E-state index in [1.165, 1.54) is 18.6 Å². The average molecular weight is 340 g/mol. The lowest BCUT2D eigenvalue weighted by molar-refractivity contribution is 0.356. The summed E-state index contributed by atoms with van der Waals surface area (Å²) < 4.78 is 26.5. The van der Waals surface area contributed by atoms with Crippen molar-refractivity contribution in [2.24, 2.45) is 0 Å². The molecule has 9 heteroatoms. The second-order valence-electron chi connectivity index (χ2n) is 5.37. The van der Waals surface area contributed by atoms with Crippen LogP contribution in [0.15, 0.2) is 24.7 Å². The van der Waals surface area contributed by atoms with Crippen molar-refractivity contribution in [3.8, 4) is 17.6 Å². The molecule has 2 aromatic heterocycles. The molecule has 4 rings (SSSR count). The van der Waals surface area contributed by atoms with Crippen LogP contribution in [0.5, 0.6) is 11.5 Å². The zero-order chi connectivity index (χ0) is 17.2. The number of anilines is 1. The third-order valence-electron chi connectivity index (χ3n) is 3.96. The lowest BCUT2D eigenvalue weighted by Crippen LogP contribution is -2.10. The molecule has 3 aromatic rings. The topological polar surface area (TPSA) is 97.4 Å². The Hall–Kier alpha value is -3.41. The molecule has 0 amide bonds. The zero-order valence-electron chi connectivity index (χ0n) is 13.1. The van der Waals surface area contributed by atoms with Gasteiger partial charge in [-0.1, -0.05) is 0 Å². The first kappa shape index (κ1) is 15.1. The predicted molar refractivity (Wildman–Crippen MR) is 84.8 cm³/mol. The number of ether oxygens (including phenoxy) is 2. The van der Waals surface area contributed by atoms with Crippen LogP contribution in [-0.4, -0.2) is 32.8 Å². The van der Waals surface area contributed by atoms with Gasteiger partial charge in [0.15, 0.2) is 12.4 Å². The van der Waals surface area contributed by atoms with Crippen LogP contribution in [0, 0.1) is 17.1 Å². The van der Waals surface area contributed by atoms with Crippen LogP contribution < -0.4 is 14.8 Å². The standard InChI is InChI=1S/C16H13FN6O2/c17-12-1-2-13-10(3-5-24-13)11(12)7-19-16-20-8-14(25-6-4-18)15-22-21-9-23(15)16/h1-2,8-9H,3,5-7H2,(H,19,20). The minimum absolute atomic E-state index is 0.113. The quantitative estimate of drug-likeness (QED) is 0.755. The fourth-order valence-corrected chi connectivity index (χ4v) is 2.81. The van der Waals surface area contributed by atoms with Crippen LogP contribution in [0.25, 0.3) is 5.65 Å². The number of nitriles is 1. The van der Waals surface area contributed by atoms with Crippen LogP contribution in [0.3, 0.4) is 0 Å². The molecule has 0 saturated heterocycles. The average Bonchev–Trinajstić information content (AvgIpc) is 3.29. The van der Waals surface area contributed by atoms with Crippen molar-refractivity contribution >= 4 is 11.6 Å². The maximum Gasteiger partial charge on any atom is 0.210 e. The smallest absolute Gasteiger partial charge is 0.210 e. The summed E-state index contributed by atoms with van der Waals surface area (Å²) in [6, 6.07) is 4.94. The first-order valence-corrected chi connectivity index (χ1v) is 7.63. The molecule has 0 saturated carbocycles. The summed E-state index contributed by atoms with van der Waals surface area (Å²) in [6.07, 6.45) is 3.61. The summed E-state index contributed by atoms with van der Waals surface area (Å²) in [5.41, 5.74) is 1.86. The van der Waals surface area contributed by atoms with E-state index in [2.05, 4.69) is 20.5 Å². The summed E-state index contributed by atoms with van der Waals surface area (Å²) in [5.74, 6) is 1.23. The number of rotatable bonds is 5. The van der Waals surface area contributed by atoms with Crippen LogP contribution in [-0.2, 0) is 13.0 Å². The summed E-state index contributed by atoms with van der Waals surface area (Å²) in [4.78, 5) is 4.25. The molecule has 1 aliphatic rings. The number of fused-ring (bicyclic) bond motifs is 2. The monoisotopic (exact) mass is 340 g/mol. The normalized spacial score (nSPS) is 12.5. The Morgan fingerprint density at radius 2 is 2.36 bits per heavy atom. The minimum Gasteiger partial charge on any atom is -0.493 e. The van der Waals surface area contributed by atoms with E-state index >= 15 is 0 Å². The Bertz CT molecular complexity index is 981. The van der Waals surface area contributed by atoms with Crippen molar-refractivity contribution in [3.05, 3.63) is 41.6 Å². The molecular formula is C16H13FN6O2. The first-order valence-electron chi connectivity index (χ1n) is 7.63. The van der Waals surface area contributed by atoms with Gasteiger partial charge in [0.05, 0.1) is 12.8 Å². The van der Waals surface area contributed by atoms with Crippen molar-refractivity contribution in [2.45, 2.75) is 13.0 Å². The van der Waals surface area contributed by atoms with Gasteiger partial charge in [-0.05, 0) is 12.1 Å². The highest BCUT2D eigenvalue weighted by atomic mass is 19.1. The SMILES string of the molecule is N#CCOc1cnc(NCc2c(F)ccc3c2CCO3)n2cnnc12. The molecule has 126 valence electrons. The van der Waals surface area contributed by atoms with Crippen LogP contribution in [0.1, 0.15) is 11.1 Å². The molecule has 3 heterocycles. The van der Waals surface area contributed by atoms with Crippen LogP contribution >= 0.6 is 0 Å². The van der Waals surface area contributed by atoms with E-state index in [0.717, 1.165) is 11.3 Å². The third kappa shape index (κ3) is 2.67. The molecule has 0 unspecified atom stereocenters. The van der Waals surface area contributed by atoms with Crippen molar-refractivity contribution in [2.75, 3.05) is 18.5 Å². The van der Waals surface area contributed by atoms with Crippen molar-refractivity contribution < 1.29 is 13.9 Å². The van der Waals surface area contributed by atoms with E-state index in [0.29, 0.717) is 35.9 Å². The minimum atomic E-state index is -0.286. The molecule has 8 nitrogen and oxygen atoms in total. The largest absolute Gasteiger partial charge is 0.493 e. The maximum atomic E-state index is 14.2. The summed E-state index contributed by atoms with van der Waals surface area (Å²) in [5, 5.41) is 19.5. The lowest BCUT2D eigenvalue weighted by Gasteiger charge is -2.12. The van der Waals surface area contributed by atoms with E-state index < -0.39 is 0 Å². The van der Waals surface area contributed by atoms with Crippen molar-refractivity contribution in [3.63, 3.8) is 0 Å².